The van der Waals surface area contributed by atoms with Gasteiger partial charge in [0.15, 0.2) is 0 Å². The molecule has 4 aromatic rings. The molecule has 0 aliphatic carbocycles. The Morgan fingerprint density at radius 1 is 1.12 bits per heavy atom. The number of carbonyl (C=O) groups excluding carboxylic acids is 1. The molecule has 0 saturated carbocycles. The number of imidazole rings is 1. The van der Waals surface area contributed by atoms with Crippen LogP contribution in [0.3, 0.4) is 0 Å². The van der Waals surface area contributed by atoms with Crippen molar-refractivity contribution in [1.29, 1.82) is 0 Å². The van der Waals surface area contributed by atoms with Crippen LogP contribution in [0.4, 0.5) is 13.2 Å². The summed E-state index contributed by atoms with van der Waals surface area (Å²) in [5.74, 6) is 0.302. The topological polar surface area (TPSA) is 87.9 Å². The van der Waals surface area contributed by atoms with Crippen LogP contribution >= 0.6 is 0 Å². The number of alkyl halides is 3. The minimum absolute atomic E-state index is 0.0892. The Balaban J connectivity index is 1.31. The second kappa shape index (κ2) is 7.77. The number of nitrogens with one attached hydrogen (secondary N) is 1. The summed E-state index contributed by atoms with van der Waals surface area (Å²) in [7, 11) is 0. The Hall–Kier alpha value is -3.69. The van der Waals surface area contributed by atoms with Crippen LogP contribution in [0.25, 0.3) is 22.5 Å². The Morgan fingerprint density at radius 2 is 1.94 bits per heavy atom. The number of rotatable bonds is 3. The third kappa shape index (κ3) is 3.83. The Bertz CT molecular complexity index is 1260. The summed E-state index contributed by atoms with van der Waals surface area (Å²) < 4.78 is 44.1. The predicted octanol–water partition coefficient (Wildman–Crippen LogP) is 4.65. The smallest absolute Gasteiger partial charge is 0.416 e. The zero-order valence-electron chi connectivity index (χ0n) is 16.8. The highest BCUT2D eigenvalue weighted by Gasteiger charge is 2.31. The number of amides is 1. The molecule has 1 amide bonds. The fourth-order valence-corrected chi connectivity index (χ4v) is 3.93. The number of carbonyl (C=O) groups is 1. The molecule has 3 heterocycles. The van der Waals surface area contributed by atoms with Gasteiger partial charge in [-0.15, -0.1) is 10.2 Å². The number of piperidine rings is 1. The number of nitrogens with zero attached hydrogens (tertiary/aromatic N) is 4. The van der Waals surface area contributed by atoms with Gasteiger partial charge in [0.05, 0.1) is 28.8 Å². The second-order valence-corrected chi connectivity index (χ2v) is 7.75. The van der Waals surface area contributed by atoms with Crippen LogP contribution in [0.15, 0.2) is 53.2 Å². The molecule has 5 rings (SSSR count). The molecule has 32 heavy (non-hydrogen) atoms. The van der Waals surface area contributed by atoms with Gasteiger partial charge in [-0.2, -0.15) is 13.2 Å². The van der Waals surface area contributed by atoms with Crippen molar-refractivity contribution in [3.8, 4) is 11.5 Å². The van der Waals surface area contributed by atoms with Crippen LogP contribution < -0.4 is 0 Å². The van der Waals surface area contributed by atoms with Crippen LogP contribution in [0, 0.1) is 0 Å². The highest BCUT2D eigenvalue weighted by Crippen LogP contribution is 2.32. The van der Waals surface area contributed by atoms with Crippen molar-refractivity contribution in [3.05, 3.63) is 65.8 Å². The van der Waals surface area contributed by atoms with Crippen molar-refractivity contribution in [3.63, 3.8) is 0 Å². The van der Waals surface area contributed by atoms with E-state index in [9.17, 15) is 18.0 Å². The van der Waals surface area contributed by atoms with Gasteiger partial charge in [0.1, 0.15) is 0 Å². The van der Waals surface area contributed by atoms with E-state index in [2.05, 4.69) is 20.2 Å². The van der Waals surface area contributed by atoms with Gasteiger partial charge in [-0.3, -0.25) is 4.79 Å². The molecule has 1 unspecified atom stereocenters. The monoisotopic (exact) mass is 441 g/mol. The van der Waals surface area contributed by atoms with Gasteiger partial charge in [-0.05, 0) is 55.3 Å². The molecule has 2 aromatic carbocycles. The predicted molar refractivity (Wildman–Crippen MR) is 109 cm³/mol. The van der Waals surface area contributed by atoms with Gasteiger partial charge in [0.2, 0.25) is 11.8 Å². The zero-order chi connectivity index (χ0) is 22.3. The first-order chi connectivity index (χ1) is 15.4. The van der Waals surface area contributed by atoms with E-state index in [1.54, 1.807) is 29.4 Å². The number of halogens is 3. The first kappa shape index (κ1) is 20.2. The summed E-state index contributed by atoms with van der Waals surface area (Å²) in [5, 5.41) is 8.10. The van der Waals surface area contributed by atoms with E-state index in [4.69, 9.17) is 4.42 Å². The number of H-pyrrole nitrogens is 1. The molecule has 1 aliphatic heterocycles. The summed E-state index contributed by atoms with van der Waals surface area (Å²) in [6.07, 6.45) is -1.27. The van der Waals surface area contributed by atoms with Crippen molar-refractivity contribution in [1.82, 2.24) is 25.1 Å². The normalized spacial score (nSPS) is 17.1. The lowest BCUT2D eigenvalue weighted by Crippen LogP contribution is -2.39. The van der Waals surface area contributed by atoms with Crippen molar-refractivity contribution in [2.24, 2.45) is 0 Å². The minimum Gasteiger partial charge on any atom is -0.420 e. The van der Waals surface area contributed by atoms with Crippen molar-refractivity contribution >= 4 is 16.9 Å². The Kier molecular flexibility index (Phi) is 4.91. The molecule has 0 radical (unpaired) electrons. The maximum Gasteiger partial charge on any atom is 0.416 e. The van der Waals surface area contributed by atoms with Gasteiger partial charge in [0.25, 0.3) is 5.91 Å². The number of aromatic amines is 1. The Labute approximate surface area is 180 Å². The van der Waals surface area contributed by atoms with E-state index in [0.29, 0.717) is 30.1 Å². The van der Waals surface area contributed by atoms with Gasteiger partial charge < -0.3 is 14.3 Å². The summed E-state index contributed by atoms with van der Waals surface area (Å²) in [6, 6.07) is 9.92. The van der Waals surface area contributed by atoms with E-state index >= 15 is 0 Å². The number of benzene rings is 2. The molecule has 7 nitrogen and oxygen atoms in total. The molecule has 0 bridgehead atoms. The fraction of sp³-hybridized carbons (Fsp3) is 0.273. The molecular weight excluding hydrogens is 423 g/mol. The number of hydrogen-bond donors (Lipinski definition) is 1. The first-order valence-corrected chi connectivity index (χ1v) is 10.1. The van der Waals surface area contributed by atoms with Gasteiger partial charge >= 0.3 is 6.18 Å². The van der Waals surface area contributed by atoms with Gasteiger partial charge in [-0.25, -0.2) is 4.98 Å². The first-order valence-electron chi connectivity index (χ1n) is 10.1. The standard InChI is InChI=1S/C22H18F3N5O2/c23-22(24,25)16-6-3-13(4-7-16)19-28-29-20(32-19)15-2-1-9-30(11-15)21(31)14-5-8-17-18(10-14)27-12-26-17/h3-8,10,12,15H,1-2,9,11H2,(H,26,27). The second-order valence-electron chi connectivity index (χ2n) is 7.75. The fourth-order valence-electron chi connectivity index (χ4n) is 3.93. The average molecular weight is 441 g/mol. The molecule has 2 aromatic heterocycles. The van der Waals surface area contributed by atoms with Crippen molar-refractivity contribution in [2.75, 3.05) is 13.1 Å². The summed E-state index contributed by atoms with van der Waals surface area (Å²) in [5.41, 5.74) is 1.82. The molecule has 164 valence electrons. The molecule has 1 atom stereocenters. The molecule has 0 spiro atoms. The lowest BCUT2D eigenvalue weighted by Gasteiger charge is -2.31. The van der Waals surface area contributed by atoms with Crippen LogP contribution in [0.1, 0.15) is 40.6 Å². The van der Waals surface area contributed by atoms with Crippen molar-refractivity contribution < 1.29 is 22.4 Å². The quantitative estimate of drug-likeness (QED) is 0.500. The van der Waals surface area contributed by atoms with Crippen LogP contribution in [-0.2, 0) is 6.18 Å². The largest absolute Gasteiger partial charge is 0.420 e. The summed E-state index contributed by atoms with van der Waals surface area (Å²) in [4.78, 5) is 21.9. The molecule has 1 saturated heterocycles. The van der Waals surface area contributed by atoms with Crippen LogP contribution in [-0.4, -0.2) is 44.1 Å². The molecule has 1 aliphatic rings. The van der Waals surface area contributed by atoms with Crippen molar-refractivity contribution in [2.45, 2.75) is 24.9 Å². The maximum absolute atomic E-state index is 13.0. The van der Waals surface area contributed by atoms with E-state index in [1.165, 1.54) is 12.1 Å². The van der Waals surface area contributed by atoms with Crippen LogP contribution in [0.5, 0.6) is 0 Å². The zero-order valence-corrected chi connectivity index (χ0v) is 16.8. The molecule has 10 heteroatoms. The van der Waals surface area contributed by atoms with E-state index in [-0.39, 0.29) is 17.7 Å². The average Bonchev–Trinajstić information content (AvgIpc) is 3.47. The lowest BCUT2D eigenvalue weighted by atomic mass is 9.97. The van der Waals surface area contributed by atoms with E-state index < -0.39 is 11.7 Å². The summed E-state index contributed by atoms with van der Waals surface area (Å²) >= 11 is 0. The Morgan fingerprint density at radius 3 is 2.72 bits per heavy atom. The SMILES string of the molecule is O=C(c1ccc2nc[nH]c2c1)N1CCCC(c2nnc(-c3ccc(C(F)(F)F)cc3)o2)C1. The molecule has 1 fully saturated rings. The lowest BCUT2D eigenvalue weighted by molar-refractivity contribution is -0.137. The van der Waals surface area contributed by atoms with E-state index in [1.807, 2.05) is 0 Å². The minimum atomic E-state index is -4.40. The molecular formula is C22H18F3N5O2. The van der Waals surface area contributed by atoms with Crippen LogP contribution in [0.2, 0.25) is 0 Å². The van der Waals surface area contributed by atoms with Gasteiger partial charge in [-0.1, -0.05) is 0 Å². The highest BCUT2D eigenvalue weighted by molar-refractivity contribution is 5.97. The van der Waals surface area contributed by atoms with E-state index in [0.717, 1.165) is 36.0 Å². The number of likely N-dealkylation sites (tertiary alicyclic amines) is 1. The third-order valence-electron chi connectivity index (χ3n) is 5.62. The highest BCUT2D eigenvalue weighted by atomic mass is 19.4. The maximum atomic E-state index is 13.0. The number of fused-ring (bicyclic) bond motifs is 1. The number of aromatic nitrogens is 4. The van der Waals surface area contributed by atoms with Gasteiger partial charge in [0, 0.05) is 24.2 Å². The number of hydrogen-bond acceptors (Lipinski definition) is 5. The summed E-state index contributed by atoms with van der Waals surface area (Å²) in [6.45, 7) is 1.05. The molecule has 1 N–H and O–H groups in total. The third-order valence-corrected chi connectivity index (χ3v) is 5.62.